The third-order valence-corrected chi connectivity index (χ3v) is 4.41. The second-order valence-electron chi connectivity index (χ2n) is 6.07. The van der Waals surface area contributed by atoms with Crippen LogP contribution in [0, 0.1) is 11.8 Å². The van der Waals surface area contributed by atoms with E-state index in [1.807, 2.05) is 0 Å². The molecule has 94 valence electrons. The van der Waals surface area contributed by atoms with Crippen LogP contribution in [0.4, 0.5) is 0 Å². The first kappa shape index (κ1) is 12.4. The van der Waals surface area contributed by atoms with Gasteiger partial charge in [0.05, 0.1) is 0 Å². The van der Waals surface area contributed by atoms with Gasteiger partial charge >= 0.3 is 0 Å². The molecular formula is C14H28N2. The zero-order valence-electron chi connectivity index (χ0n) is 11.2. The Labute approximate surface area is 101 Å². The second kappa shape index (κ2) is 5.50. The minimum atomic E-state index is 0.747. The molecule has 4 atom stereocenters. The molecule has 0 amide bonds. The summed E-state index contributed by atoms with van der Waals surface area (Å²) in [6.45, 7) is 10.9. The van der Waals surface area contributed by atoms with E-state index < -0.39 is 0 Å². The van der Waals surface area contributed by atoms with Crippen LogP contribution in [-0.2, 0) is 0 Å². The number of nitrogens with zero attached hydrogens (tertiary/aromatic N) is 1. The highest BCUT2D eigenvalue weighted by Crippen LogP contribution is 2.34. The van der Waals surface area contributed by atoms with Crippen LogP contribution in [-0.4, -0.2) is 36.6 Å². The lowest BCUT2D eigenvalue weighted by Gasteiger charge is -2.48. The summed E-state index contributed by atoms with van der Waals surface area (Å²) in [5, 5.41) is 3.71. The van der Waals surface area contributed by atoms with Crippen molar-refractivity contribution in [1.29, 1.82) is 0 Å². The van der Waals surface area contributed by atoms with Gasteiger partial charge in [0.1, 0.15) is 0 Å². The Morgan fingerprint density at radius 1 is 1.19 bits per heavy atom. The Kier molecular flexibility index (Phi) is 4.26. The van der Waals surface area contributed by atoms with Crippen molar-refractivity contribution in [3.05, 3.63) is 0 Å². The summed E-state index contributed by atoms with van der Waals surface area (Å²) in [6.07, 6.45) is 5.51. The van der Waals surface area contributed by atoms with Crippen molar-refractivity contribution < 1.29 is 0 Å². The highest BCUT2D eigenvalue weighted by Gasteiger charge is 2.36. The van der Waals surface area contributed by atoms with Crippen molar-refractivity contribution in [2.24, 2.45) is 11.8 Å². The zero-order valence-corrected chi connectivity index (χ0v) is 11.2. The van der Waals surface area contributed by atoms with Gasteiger partial charge in [-0.3, -0.25) is 4.90 Å². The van der Waals surface area contributed by atoms with E-state index in [9.17, 15) is 0 Å². The highest BCUT2D eigenvalue weighted by molar-refractivity contribution is 4.92. The summed E-state index contributed by atoms with van der Waals surface area (Å²) in [5.74, 6) is 1.81. The van der Waals surface area contributed by atoms with Gasteiger partial charge < -0.3 is 5.32 Å². The maximum absolute atomic E-state index is 3.71. The molecule has 0 aromatic carbocycles. The van der Waals surface area contributed by atoms with Crippen LogP contribution in [0.15, 0.2) is 0 Å². The van der Waals surface area contributed by atoms with Gasteiger partial charge in [0.25, 0.3) is 0 Å². The molecule has 0 spiro atoms. The van der Waals surface area contributed by atoms with Crippen LogP contribution in [0.25, 0.3) is 0 Å². The first-order valence-electron chi connectivity index (χ1n) is 7.18. The summed E-state index contributed by atoms with van der Waals surface area (Å²) >= 11 is 0. The predicted octanol–water partition coefficient (Wildman–Crippen LogP) is 2.49. The summed E-state index contributed by atoms with van der Waals surface area (Å²) in [4.78, 5) is 2.76. The molecule has 1 aliphatic heterocycles. The second-order valence-corrected chi connectivity index (χ2v) is 6.07. The van der Waals surface area contributed by atoms with Crippen LogP contribution in [0.2, 0.25) is 0 Å². The topological polar surface area (TPSA) is 15.3 Å². The zero-order chi connectivity index (χ0) is 11.5. The number of hydrogen-bond donors (Lipinski definition) is 1. The van der Waals surface area contributed by atoms with E-state index in [-0.39, 0.29) is 0 Å². The number of likely N-dealkylation sites (tertiary alicyclic amines) is 1. The summed E-state index contributed by atoms with van der Waals surface area (Å²) in [7, 11) is 0. The molecule has 2 aliphatic rings. The largest absolute Gasteiger partial charge is 0.313 e. The van der Waals surface area contributed by atoms with Crippen molar-refractivity contribution in [2.75, 3.05) is 19.6 Å². The first-order chi connectivity index (χ1) is 7.70. The van der Waals surface area contributed by atoms with Crippen LogP contribution < -0.4 is 5.32 Å². The van der Waals surface area contributed by atoms with Crippen molar-refractivity contribution >= 4 is 0 Å². The van der Waals surface area contributed by atoms with Gasteiger partial charge in [0.15, 0.2) is 0 Å². The molecule has 0 aromatic rings. The SMILES string of the molecule is CCCNC1CC(C)CN(C2CCC2C)C1. The molecule has 0 aromatic heterocycles. The molecule has 1 heterocycles. The fraction of sp³-hybridized carbons (Fsp3) is 1.00. The Bertz CT molecular complexity index is 217. The smallest absolute Gasteiger partial charge is 0.0198 e. The number of nitrogens with one attached hydrogen (secondary N) is 1. The lowest BCUT2D eigenvalue weighted by Crippen LogP contribution is -2.56. The summed E-state index contributed by atoms with van der Waals surface area (Å²) in [5.41, 5.74) is 0. The lowest BCUT2D eigenvalue weighted by molar-refractivity contribution is 0.0265. The summed E-state index contributed by atoms with van der Waals surface area (Å²) < 4.78 is 0. The van der Waals surface area contributed by atoms with Gasteiger partial charge in [0, 0.05) is 25.2 Å². The lowest BCUT2D eigenvalue weighted by atomic mass is 9.78. The van der Waals surface area contributed by atoms with E-state index in [0.717, 1.165) is 23.9 Å². The molecule has 2 fully saturated rings. The molecule has 1 N–H and O–H groups in total. The number of rotatable bonds is 4. The Morgan fingerprint density at radius 2 is 2.00 bits per heavy atom. The van der Waals surface area contributed by atoms with E-state index in [0.29, 0.717) is 0 Å². The fourth-order valence-electron chi connectivity index (χ4n) is 3.35. The molecule has 1 saturated heterocycles. The van der Waals surface area contributed by atoms with Gasteiger partial charge in [-0.1, -0.05) is 20.8 Å². The van der Waals surface area contributed by atoms with Crippen LogP contribution in [0.1, 0.15) is 46.5 Å². The highest BCUT2D eigenvalue weighted by atomic mass is 15.2. The number of hydrogen-bond acceptors (Lipinski definition) is 2. The molecule has 0 bridgehead atoms. The first-order valence-corrected chi connectivity index (χ1v) is 7.18. The van der Waals surface area contributed by atoms with Gasteiger partial charge in [-0.25, -0.2) is 0 Å². The van der Waals surface area contributed by atoms with Gasteiger partial charge in [0.2, 0.25) is 0 Å². The molecule has 2 rings (SSSR count). The monoisotopic (exact) mass is 224 g/mol. The van der Waals surface area contributed by atoms with E-state index >= 15 is 0 Å². The number of piperidine rings is 1. The molecule has 4 unspecified atom stereocenters. The van der Waals surface area contributed by atoms with E-state index in [1.54, 1.807) is 0 Å². The quantitative estimate of drug-likeness (QED) is 0.789. The van der Waals surface area contributed by atoms with E-state index in [4.69, 9.17) is 0 Å². The maximum atomic E-state index is 3.71. The van der Waals surface area contributed by atoms with Crippen LogP contribution in [0.3, 0.4) is 0 Å². The predicted molar refractivity (Wildman–Crippen MR) is 69.6 cm³/mol. The summed E-state index contributed by atoms with van der Waals surface area (Å²) in [6, 6.07) is 1.64. The van der Waals surface area contributed by atoms with Crippen molar-refractivity contribution in [2.45, 2.75) is 58.5 Å². The third kappa shape index (κ3) is 2.78. The fourth-order valence-corrected chi connectivity index (χ4v) is 3.35. The molecule has 16 heavy (non-hydrogen) atoms. The van der Waals surface area contributed by atoms with E-state index in [2.05, 4.69) is 31.0 Å². The van der Waals surface area contributed by atoms with Crippen molar-refractivity contribution in [3.63, 3.8) is 0 Å². The normalized spacial score (nSPS) is 40.7. The average molecular weight is 224 g/mol. The van der Waals surface area contributed by atoms with Gasteiger partial charge in [-0.05, 0) is 44.1 Å². The molecule has 1 saturated carbocycles. The molecule has 2 nitrogen and oxygen atoms in total. The van der Waals surface area contributed by atoms with Crippen molar-refractivity contribution in [1.82, 2.24) is 10.2 Å². The van der Waals surface area contributed by atoms with Crippen LogP contribution in [0.5, 0.6) is 0 Å². The maximum Gasteiger partial charge on any atom is 0.0198 e. The Morgan fingerprint density at radius 3 is 2.56 bits per heavy atom. The molecule has 0 radical (unpaired) electrons. The molecule has 2 heteroatoms. The third-order valence-electron chi connectivity index (χ3n) is 4.41. The Balaban J connectivity index is 1.84. The van der Waals surface area contributed by atoms with E-state index in [1.165, 1.54) is 45.3 Å². The molecular weight excluding hydrogens is 196 g/mol. The van der Waals surface area contributed by atoms with Gasteiger partial charge in [-0.2, -0.15) is 0 Å². The minimum Gasteiger partial charge on any atom is -0.313 e. The average Bonchev–Trinajstić information content (AvgIpc) is 2.23. The Hall–Kier alpha value is -0.0800. The standard InChI is InChI=1S/C14H28N2/c1-4-7-15-13-8-11(2)9-16(10-13)14-6-5-12(14)3/h11-15H,4-10H2,1-3H3. The minimum absolute atomic E-state index is 0.747. The molecule has 1 aliphatic carbocycles. The van der Waals surface area contributed by atoms with Crippen molar-refractivity contribution in [3.8, 4) is 0 Å². The van der Waals surface area contributed by atoms with Gasteiger partial charge in [-0.15, -0.1) is 0 Å². The van der Waals surface area contributed by atoms with Crippen LogP contribution >= 0.6 is 0 Å².